The molecule has 0 aliphatic rings. The minimum absolute atomic E-state index is 0.763. The molecule has 0 spiro atoms. The average molecular weight is 224 g/mol. The summed E-state index contributed by atoms with van der Waals surface area (Å²) in [5.74, 6) is -0.125. The van der Waals surface area contributed by atoms with Crippen LogP contribution in [0.5, 0.6) is 0 Å². The smallest absolute Gasteiger partial charge is 0.328 e. The number of allylic oxidation sites excluding steroid dienone is 3. The minimum atomic E-state index is -0.888. The maximum Gasteiger partial charge on any atom is 0.328 e. The topological polar surface area (TPSA) is 37.3 Å². The van der Waals surface area contributed by atoms with E-state index in [1.54, 1.807) is 6.08 Å². The molecule has 0 aliphatic heterocycles. The third-order valence-corrected chi connectivity index (χ3v) is 2.62. The van der Waals surface area contributed by atoms with Crippen LogP contribution in [0, 0.1) is 5.92 Å². The molecule has 16 heavy (non-hydrogen) atoms. The number of unbranched alkanes of at least 4 members (excludes halogenated alkanes) is 1. The van der Waals surface area contributed by atoms with Gasteiger partial charge in [0.05, 0.1) is 0 Å². The molecular formula is C14H24O2. The summed E-state index contributed by atoms with van der Waals surface area (Å²) < 4.78 is 0. The SMILES string of the molecule is CCCCC(CC=CC=CC(=O)O)CCC. The van der Waals surface area contributed by atoms with Gasteiger partial charge in [0.25, 0.3) is 0 Å². The molecule has 2 heteroatoms. The van der Waals surface area contributed by atoms with E-state index in [2.05, 4.69) is 19.9 Å². The standard InChI is InChI=1S/C14H24O2/c1-3-5-10-13(9-4-2)11-7-6-8-12-14(15)16/h6-8,12-13H,3-5,9-11H2,1-2H3,(H,15,16). The molecule has 92 valence electrons. The molecule has 1 N–H and O–H groups in total. The highest BCUT2D eigenvalue weighted by Gasteiger charge is 2.04. The molecule has 0 rings (SSSR count). The van der Waals surface area contributed by atoms with Crippen molar-refractivity contribution in [2.45, 2.75) is 52.4 Å². The van der Waals surface area contributed by atoms with Crippen molar-refractivity contribution in [3.05, 3.63) is 24.3 Å². The van der Waals surface area contributed by atoms with Crippen LogP contribution in [0.4, 0.5) is 0 Å². The summed E-state index contributed by atoms with van der Waals surface area (Å²) in [5.41, 5.74) is 0. The lowest BCUT2D eigenvalue weighted by Crippen LogP contribution is -1.98. The van der Waals surface area contributed by atoms with Crippen molar-refractivity contribution in [2.75, 3.05) is 0 Å². The summed E-state index contributed by atoms with van der Waals surface area (Å²) in [6.45, 7) is 4.43. The van der Waals surface area contributed by atoms with Crippen molar-refractivity contribution in [1.29, 1.82) is 0 Å². The Morgan fingerprint density at radius 2 is 1.94 bits per heavy atom. The third kappa shape index (κ3) is 9.50. The van der Waals surface area contributed by atoms with Crippen LogP contribution in [-0.2, 0) is 4.79 Å². The molecule has 0 radical (unpaired) electrons. The first kappa shape index (κ1) is 14.9. The van der Waals surface area contributed by atoms with Crippen molar-refractivity contribution in [3.63, 3.8) is 0 Å². The molecule has 0 aromatic heterocycles. The normalized spacial score (nSPS) is 13.6. The summed E-state index contributed by atoms with van der Waals surface area (Å²) in [4.78, 5) is 10.2. The number of rotatable bonds is 9. The lowest BCUT2D eigenvalue weighted by Gasteiger charge is -2.12. The van der Waals surface area contributed by atoms with E-state index < -0.39 is 5.97 Å². The second-order valence-electron chi connectivity index (χ2n) is 4.16. The summed E-state index contributed by atoms with van der Waals surface area (Å²) >= 11 is 0. The first-order chi connectivity index (χ1) is 7.70. The molecule has 0 heterocycles. The van der Waals surface area contributed by atoms with E-state index in [1.165, 1.54) is 32.1 Å². The Balaban J connectivity index is 3.85. The fourth-order valence-electron chi connectivity index (χ4n) is 1.77. The van der Waals surface area contributed by atoms with E-state index >= 15 is 0 Å². The molecule has 0 aromatic rings. The molecule has 2 nitrogen and oxygen atoms in total. The van der Waals surface area contributed by atoms with E-state index in [9.17, 15) is 4.79 Å². The fourth-order valence-corrected chi connectivity index (χ4v) is 1.77. The van der Waals surface area contributed by atoms with Crippen LogP contribution in [0.15, 0.2) is 24.3 Å². The van der Waals surface area contributed by atoms with E-state index in [1.807, 2.05) is 6.08 Å². The lowest BCUT2D eigenvalue weighted by molar-refractivity contribution is -0.131. The molecule has 0 aromatic carbocycles. The number of hydrogen-bond donors (Lipinski definition) is 1. The predicted octanol–water partition coefficient (Wildman–Crippen LogP) is 4.18. The molecule has 0 aliphatic carbocycles. The van der Waals surface area contributed by atoms with Crippen LogP contribution in [-0.4, -0.2) is 11.1 Å². The third-order valence-electron chi connectivity index (χ3n) is 2.62. The van der Waals surface area contributed by atoms with Gasteiger partial charge < -0.3 is 5.11 Å². The second-order valence-corrected chi connectivity index (χ2v) is 4.16. The van der Waals surface area contributed by atoms with Crippen molar-refractivity contribution >= 4 is 5.97 Å². The number of carboxylic acids is 1. The monoisotopic (exact) mass is 224 g/mol. The highest BCUT2D eigenvalue weighted by atomic mass is 16.4. The Morgan fingerprint density at radius 1 is 1.19 bits per heavy atom. The van der Waals surface area contributed by atoms with Crippen LogP contribution < -0.4 is 0 Å². The van der Waals surface area contributed by atoms with E-state index in [0.29, 0.717) is 0 Å². The lowest BCUT2D eigenvalue weighted by atomic mass is 9.94. The highest BCUT2D eigenvalue weighted by Crippen LogP contribution is 2.19. The van der Waals surface area contributed by atoms with Crippen molar-refractivity contribution < 1.29 is 9.90 Å². The van der Waals surface area contributed by atoms with Gasteiger partial charge in [0.1, 0.15) is 0 Å². The van der Waals surface area contributed by atoms with Crippen LogP contribution in [0.2, 0.25) is 0 Å². The zero-order valence-electron chi connectivity index (χ0n) is 10.5. The van der Waals surface area contributed by atoms with Crippen LogP contribution in [0.3, 0.4) is 0 Å². The van der Waals surface area contributed by atoms with E-state index in [4.69, 9.17) is 5.11 Å². The molecule has 0 saturated heterocycles. The van der Waals surface area contributed by atoms with Gasteiger partial charge in [0.2, 0.25) is 0 Å². The molecule has 0 bridgehead atoms. The van der Waals surface area contributed by atoms with Gasteiger partial charge in [-0.1, -0.05) is 64.2 Å². The van der Waals surface area contributed by atoms with Gasteiger partial charge in [-0.2, -0.15) is 0 Å². The van der Waals surface area contributed by atoms with E-state index in [0.717, 1.165) is 18.4 Å². The average Bonchev–Trinajstić information content (AvgIpc) is 2.24. The van der Waals surface area contributed by atoms with Crippen LogP contribution in [0.1, 0.15) is 52.4 Å². The number of carboxylic acid groups (broad SMARTS) is 1. The van der Waals surface area contributed by atoms with Crippen molar-refractivity contribution in [2.24, 2.45) is 5.92 Å². The van der Waals surface area contributed by atoms with Gasteiger partial charge in [-0.3, -0.25) is 0 Å². The zero-order chi connectivity index (χ0) is 12.2. The van der Waals surface area contributed by atoms with Crippen molar-refractivity contribution in [3.8, 4) is 0 Å². The highest BCUT2D eigenvalue weighted by molar-refractivity contribution is 5.80. The molecular weight excluding hydrogens is 200 g/mol. The number of aliphatic carboxylic acids is 1. The number of hydrogen-bond acceptors (Lipinski definition) is 1. The minimum Gasteiger partial charge on any atom is -0.478 e. The molecule has 0 saturated carbocycles. The zero-order valence-corrected chi connectivity index (χ0v) is 10.5. The van der Waals surface area contributed by atoms with E-state index in [-0.39, 0.29) is 0 Å². The summed E-state index contributed by atoms with van der Waals surface area (Å²) in [6.07, 6.45) is 14.1. The Labute approximate surface area is 99.1 Å². The van der Waals surface area contributed by atoms with Crippen LogP contribution >= 0.6 is 0 Å². The van der Waals surface area contributed by atoms with Gasteiger partial charge >= 0.3 is 5.97 Å². The Kier molecular flexibility index (Phi) is 9.78. The molecule has 0 amide bonds. The largest absolute Gasteiger partial charge is 0.478 e. The Bertz CT molecular complexity index is 229. The van der Waals surface area contributed by atoms with Gasteiger partial charge in [-0.25, -0.2) is 4.79 Å². The van der Waals surface area contributed by atoms with Crippen LogP contribution in [0.25, 0.3) is 0 Å². The fraction of sp³-hybridized carbons (Fsp3) is 0.643. The molecule has 1 unspecified atom stereocenters. The summed E-state index contributed by atoms with van der Waals surface area (Å²) in [6, 6.07) is 0. The maximum atomic E-state index is 10.2. The van der Waals surface area contributed by atoms with Crippen molar-refractivity contribution in [1.82, 2.24) is 0 Å². The first-order valence-electron chi connectivity index (χ1n) is 6.26. The van der Waals surface area contributed by atoms with Gasteiger partial charge in [0.15, 0.2) is 0 Å². The first-order valence-corrected chi connectivity index (χ1v) is 6.26. The Hall–Kier alpha value is -1.05. The molecule has 1 atom stereocenters. The van der Waals surface area contributed by atoms with Gasteiger partial charge in [-0.15, -0.1) is 0 Å². The van der Waals surface area contributed by atoms with Gasteiger partial charge in [0, 0.05) is 6.08 Å². The molecule has 0 fully saturated rings. The second kappa shape index (κ2) is 10.5. The maximum absolute atomic E-state index is 10.2. The predicted molar refractivity (Wildman–Crippen MR) is 68.5 cm³/mol. The summed E-state index contributed by atoms with van der Waals surface area (Å²) in [5, 5.41) is 8.40. The quantitative estimate of drug-likeness (QED) is 0.471. The Morgan fingerprint density at radius 3 is 2.50 bits per heavy atom. The summed E-state index contributed by atoms with van der Waals surface area (Å²) in [7, 11) is 0. The van der Waals surface area contributed by atoms with Gasteiger partial charge in [-0.05, 0) is 12.3 Å². The number of carbonyl (C=O) groups is 1.